The van der Waals surface area contributed by atoms with Crippen LogP contribution in [0.25, 0.3) is 0 Å². The number of hydrogen-bond donors (Lipinski definition) is 0. The lowest BCUT2D eigenvalue weighted by atomic mass is 10.4. The van der Waals surface area contributed by atoms with Crippen LogP contribution in [-0.2, 0) is 7.05 Å². The van der Waals surface area contributed by atoms with Crippen molar-refractivity contribution in [1.82, 2.24) is 4.57 Å². The van der Waals surface area contributed by atoms with Gasteiger partial charge < -0.3 is 4.57 Å². The highest BCUT2D eigenvalue weighted by Crippen LogP contribution is 2.08. The third kappa shape index (κ3) is 1.45. The van der Waals surface area contributed by atoms with E-state index >= 15 is 0 Å². The Morgan fingerprint density at radius 1 is 1.67 bits per heavy atom. The Morgan fingerprint density at radius 2 is 2.25 bits per heavy atom. The Kier molecular flexibility index (Phi) is 2.14. The molecule has 1 rings (SSSR count). The van der Waals surface area contributed by atoms with Gasteiger partial charge in [0.05, 0.1) is 11.1 Å². The highest BCUT2D eigenvalue weighted by Gasteiger charge is 2.12. The first-order valence-corrected chi connectivity index (χ1v) is 3.40. The standard InChI is InChI=1S/C6H5ClN2O3/c1-8-3-4(9(11)12)5(10)2-6(8)7/h2-3H,1H3. The van der Waals surface area contributed by atoms with E-state index in [2.05, 4.69) is 0 Å². The van der Waals surface area contributed by atoms with E-state index < -0.39 is 16.0 Å². The Bertz CT molecular complexity index is 385. The van der Waals surface area contributed by atoms with Crippen LogP contribution in [0.5, 0.6) is 0 Å². The van der Waals surface area contributed by atoms with Crippen molar-refractivity contribution in [1.29, 1.82) is 0 Å². The molecule has 0 radical (unpaired) electrons. The number of nitro groups is 1. The van der Waals surface area contributed by atoms with E-state index in [9.17, 15) is 14.9 Å². The van der Waals surface area contributed by atoms with Crippen LogP contribution in [0.15, 0.2) is 17.1 Å². The monoisotopic (exact) mass is 188 g/mol. The van der Waals surface area contributed by atoms with E-state index in [4.69, 9.17) is 11.6 Å². The summed E-state index contributed by atoms with van der Waals surface area (Å²) >= 11 is 5.53. The Balaban J connectivity index is 3.43. The van der Waals surface area contributed by atoms with Gasteiger partial charge in [-0.1, -0.05) is 11.6 Å². The van der Waals surface area contributed by atoms with Crippen LogP contribution >= 0.6 is 11.6 Å². The molecule has 0 atom stereocenters. The summed E-state index contributed by atoms with van der Waals surface area (Å²) in [6.07, 6.45) is 1.09. The third-order valence-corrected chi connectivity index (χ3v) is 1.73. The summed E-state index contributed by atoms with van der Waals surface area (Å²) in [7, 11) is 1.52. The minimum Gasteiger partial charge on any atom is -0.335 e. The van der Waals surface area contributed by atoms with Gasteiger partial charge in [-0.15, -0.1) is 0 Å². The number of aromatic nitrogens is 1. The zero-order valence-electron chi connectivity index (χ0n) is 6.15. The molecule has 0 aromatic carbocycles. The molecular formula is C6H5ClN2O3. The van der Waals surface area contributed by atoms with E-state index in [0.717, 1.165) is 12.3 Å². The van der Waals surface area contributed by atoms with E-state index in [0.29, 0.717) is 0 Å². The maximum atomic E-state index is 10.9. The highest BCUT2D eigenvalue weighted by atomic mass is 35.5. The predicted octanol–water partition coefficient (Wildman–Crippen LogP) is 0.947. The normalized spacial score (nSPS) is 9.83. The molecule has 0 amide bonds. The van der Waals surface area contributed by atoms with E-state index in [1.54, 1.807) is 0 Å². The molecule has 1 aromatic heterocycles. The van der Waals surface area contributed by atoms with Gasteiger partial charge in [0.2, 0.25) is 0 Å². The van der Waals surface area contributed by atoms with Crippen LogP contribution in [0, 0.1) is 10.1 Å². The van der Waals surface area contributed by atoms with Crippen molar-refractivity contribution in [3.05, 3.63) is 37.8 Å². The van der Waals surface area contributed by atoms with Gasteiger partial charge in [0.25, 0.3) is 5.43 Å². The second kappa shape index (κ2) is 2.94. The molecular weight excluding hydrogens is 184 g/mol. The fraction of sp³-hybridized carbons (Fsp3) is 0.167. The summed E-state index contributed by atoms with van der Waals surface area (Å²) in [4.78, 5) is 20.4. The number of hydrogen-bond acceptors (Lipinski definition) is 3. The van der Waals surface area contributed by atoms with Crippen molar-refractivity contribution < 1.29 is 4.92 Å². The van der Waals surface area contributed by atoms with E-state index in [1.807, 2.05) is 0 Å². The molecule has 0 saturated carbocycles. The molecule has 0 saturated heterocycles. The van der Waals surface area contributed by atoms with Crippen molar-refractivity contribution in [2.75, 3.05) is 0 Å². The summed E-state index contributed by atoms with van der Waals surface area (Å²) in [5, 5.41) is 10.4. The first kappa shape index (κ1) is 8.73. The van der Waals surface area contributed by atoms with Gasteiger partial charge in [-0.2, -0.15) is 0 Å². The van der Waals surface area contributed by atoms with Gasteiger partial charge in [0, 0.05) is 13.1 Å². The summed E-state index contributed by atoms with van der Waals surface area (Å²) in [5.41, 5.74) is -1.15. The van der Waals surface area contributed by atoms with Gasteiger partial charge in [0.15, 0.2) is 0 Å². The quantitative estimate of drug-likeness (QED) is 0.374. The lowest BCUT2D eigenvalue weighted by Gasteiger charge is -1.99. The Morgan fingerprint density at radius 3 is 2.75 bits per heavy atom. The molecule has 5 nitrogen and oxygen atoms in total. The molecule has 6 heteroatoms. The summed E-state index contributed by atoms with van der Waals surface area (Å²) in [6.45, 7) is 0. The number of aryl methyl sites for hydroxylation is 1. The molecule has 0 spiro atoms. The van der Waals surface area contributed by atoms with Crippen molar-refractivity contribution in [2.24, 2.45) is 7.05 Å². The van der Waals surface area contributed by atoms with Crippen LogP contribution in [0.1, 0.15) is 0 Å². The fourth-order valence-electron chi connectivity index (χ4n) is 0.730. The maximum absolute atomic E-state index is 10.9. The minimum absolute atomic E-state index is 0.172. The van der Waals surface area contributed by atoms with Gasteiger partial charge >= 0.3 is 5.69 Å². The molecule has 0 aliphatic carbocycles. The van der Waals surface area contributed by atoms with Crippen molar-refractivity contribution in [2.45, 2.75) is 0 Å². The first-order chi connectivity index (χ1) is 5.52. The third-order valence-electron chi connectivity index (χ3n) is 1.35. The summed E-state index contributed by atoms with van der Waals surface area (Å²) < 4.78 is 1.31. The Hall–Kier alpha value is -1.36. The molecule has 1 heterocycles. The number of nitrogens with zero attached hydrogens (tertiary/aromatic N) is 2. The molecule has 0 bridgehead atoms. The minimum atomic E-state index is -0.737. The van der Waals surface area contributed by atoms with E-state index in [1.165, 1.54) is 11.6 Å². The van der Waals surface area contributed by atoms with Crippen molar-refractivity contribution >= 4 is 17.3 Å². The Labute approximate surface area is 72.3 Å². The molecule has 0 aliphatic rings. The largest absolute Gasteiger partial charge is 0.335 e. The average Bonchev–Trinajstić information content (AvgIpc) is 1.96. The maximum Gasteiger partial charge on any atom is 0.332 e. The van der Waals surface area contributed by atoms with Crippen LogP contribution in [0.2, 0.25) is 5.15 Å². The van der Waals surface area contributed by atoms with Gasteiger partial charge in [-0.25, -0.2) is 0 Å². The second-order valence-corrected chi connectivity index (χ2v) is 2.60. The zero-order valence-corrected chi connectivity index (χ0v) is 6.91. The van der Waals surface area contributed by atoms with Crippen LogP contribution < -0.4 is 5.43 Å². The molecule has 1 aromatic rings. The second-order valence-electron chi connectivity index (χ2n) is 2.21. The fourth-order valence-corrected chi connectivity index (χ4v) is 0.878. The lowest BCUT2D eigenvalue weighted by Crippen LogP contribution is -2.10. The number of rotatable bonds is 1. The van der Waals surface area contributed by atoms with Crippen LogP contribution in [0.3, 0.4) is 0 Å². The SMILES string of the molecule is Cn1cc([N+](=O)[O-])c(=O)cc1Cl. The average molecular weight is 189 g/mol. The van der Waals surface area contributed by atoms with Crippen molar-refractivity contribution in [3.63, 3.8) is 0 Å². The zero-order chi connectivity index (χ0) is 9.30. The van der Waals surface area contributed by atoms with Gasteiger partial charge in [0.1, 0.15) is 5.15 Å². The van der Waals surface area contributed by atoms with Gasteiger partial charge in [-0.3, -0.25) is 14.9 Å². The molecule has 0 N–H and O–H groups in total. The first-order valence-electron chi connectivity index (χ1n) is 3.03. The molecule has 0 unspecified atom stereocenters. The van der Waals surface area contributed by atoms with Crippen LogP contribution in [-0.4, -0.2) is 9.49 Å². The molecule has 0 aliphatic heterocycles. The number of pyridine rings is 1. The molecule has 0 fully saturated rings. The van der Waals surface area contributed by atoms with E-state index in [-0.39, 0.29) is 5.15 Å². The topological polar surface area (TPSA) is 65.1 Å². The highest BCUT2D eigenvalue weighted by molar-refractivity contribution is 6.29. The predicted molar refractivity (Wildman–Crippen MR) is 43.3 cm³/mol. The van der Waals surface area contributed by atoms with Crippen LogP contribution in [0.4, 0.5) is 5.69 Å². The van der Waals surface area contributed by atoms with Crippen molar-refractivity contribution in [3.8, 4) is 0 Å². The molecule has 12 heavy (non-hydrogen) atoms. The van der Waals surface area contributed by atoms with Gasteiger partial charge in [-0.05, 0) is 0 Å². The summed E-state index contributed by atoms with van der Waals surface area (Å²) in [6, 6.07) is 1.01. The molecule has 64 valence electrons. The smallest absolute Gasteiger partial charge is 0.332 e. The number of halogens is 1. The summed E-state index contributed by atoms with van der Waals surface area (Å²) in [5.74, 6) is 0. The lowest BCUT2D eigenvalue weighted by molar-refractivity contribution is -0.386.